The molecule has 0 spiro atoms. The third-order valence-electron chi connectivity index (χ3n) is 3.18. The fourth-order valence-corrected chi connectivity index (χ4v) is 2.72. The van der Waals surface area contributed by atoms with Crippen LogP contribution < -0.4 is 5.32 Å². The van der Waals surface area contributed by atoms with Gasteiger partial charge in [0.15, 0.2) is 0 Å². The van der Waals surface area contributed by atoms with E-state index in [1.807, 2.05) is 7.05 Å². The van der Waals surface area contributed by atoms with Gasteiger partial charge >= 0.3 is 0 Å². The van der Waals surface area contributed by atoms with Crippen molar-refractivity contribution in [3.05, 3.63) is 0 Å². The highest BCUT2D eigenvalue weighted by atomic mass is 16.5. The van der Waals surface area contributed by atoms with Gasteiger partial charge in [-0.1, -0.05) is 13.8 Å². The highest BCUT2D eigenvalue weighted by molar-refractivity contribution is 4.76. The van der Waals surface area contributed by atoms with Crippen LogP contribution in [0, 0.1) is 11.3 Å². The summed E-state index contributed by atoms with van der Waals surface area (Å²) >= 11 is 0. The Hall–Kier alpha value is -0.120. The first-order valence-corrected chi connectivity index (χ1v) is 6.44. The molecule has 1 fully saturated rings. The number of ether oxygens (including phenoxy) is 1. The van der Waals surface area contributed by atoms with Crippen molar-refractivity contribution in [2.75, 3.05) is 46.9 Å². The van der Waals surface area contributed by atoms with Crippen molar-refractivity contribution in [1.29, 1.82) is 0 Å². The van der Waals surface area contributed by atoms with E-state index in [1.54, 1.807) is 0 Å². The van der Waals surface area contributed by atoms with E-state index in [0.29, 0.717) is 5.41 Å². The standard InChI is InChI=1S/C13H28N2O/c1-13(2,10-14-3)11-15(4)8-12-6-5-7-16-9-12/h12,14H,5-11H2,1-4H3. The van der Waals surface area contributed by atoms with E-state index in [0.717, 1.165) is 32.2 Å². The molecule has 3 heteroatoms. The van der Waals surface area contributed by atoms with Crippen LogP contribution in [-0.2, 0) is 4.74 Å². The summed E-state index contributed by atoms with van der Waals surface area (Å²) in [5.74, 6) is 0.740. The Morgan fingerprint density at radius 3 is 2.75 bits per heavy atom. The van der Waals surface area contributed by atoms with Crippen LogP contribution in [0.4, 0.5) is 0 Å². The summed E-state index contributed by atoms with van der Waals surface area (Å²) in [4.78, 5) is 2.46. The Morgan fingerprint density at radius 1 is 1.44 bits per heavy atom. The zero-order chi connectivity index (χ0) is 12.0. The van der Waals surface area contributed by atoms with Crippen LogP contribution in [0.1, 0.15) is 26.7 Å². The number of rotatable bonds is 6. The fourth-order valence-electron chi connectivity index (χ4n) is 2.72. The molecule has 0 aromatic carbocycles. The van der Waals surface area contributed by atoms with Crippen molar-refractivity contribution in [3.63, 3.8) is 0 Å². The van der Waals surface area contributed by atoms with Crippen LogP contribution in [0.5, 0.6) is 0 Å². The average molecular weight is 228 g/mol. The molecule has 1 unspecified atom stereocenters. The maximum Gasteiger partial charge on any atom is 0.0506 e. The lowest BCUT2D eigenvalue weighted by Gasteiger charge is -2.33. The van der Waals surface area contributed by atoms with E-state index >= 15 is 0 Å². The second kappa shape index (κ2) is 6.58. The van der Waals surface area contributed by atoms with Gasteiger partial charge in [0, 0.05) is 26.2 Å². The highest BCUT2D eigenvalue weighted by Gasteiger charge is 2.22. The van der Waals surface area contributed by atoms with Gasteiger partial charge < -0.3 is 15.0 Å². The number of nitrogens with one attached hydrogen (secondary N) is 1. The first-order chi connectivity index (χ1) is 7.53. The Labute approximate surface area is 101 Å². The normalized spacial score (nSPS) is 22.7. The molecular weight excluding hydrogens is 200 g/mol. The highest BCUT2D eigenvalue weighted by Crippen LogP contribution is 2.18. The maximum atomic E-state index is 5.52. The number of hydrogen-bond donors (Lipinski definition) is 1. The molecule has 1 atom stereocenters. The molecule has 16 heavy (non-hydrogen) atoms. The van der Waals surface area contributed by atoms with Crippen LogP contribution in [-0.4, -0.2) is 51.8 Å². The lowest BCUT2D eigenvalue weighted by Crippen LogP contribution is -2.40. The molecule has 1 heterocycles. The topological polar surface area (TPSA) is 24.5 Å². The van der Waals surface area contributed by atoms with E-state index in [1.165, 1.54) is 19.4 Å². The third kappa shape index (κ3) is 5.28. The minimum Gasteiger partial charge on any atom is -0.381 e. The van der Waals surface area contributed by atoms with Gasteiger partial charge in [-0.25, -0.2) is 0 Å². The van der Waals surface area contributed by atoms with Gasteiger partial charge in [-0.3, -0.25) is 0 Å². The SMILES string of the molecule is CNCC(C)(C)CN(C)CC1CCCOC1. The van der Waals surface area contributed by atoms with Gasteiger partial charge in [0.1, 0.15) is 0 Å². The van der Waals surface area contributed by atoms with Crippen LogP contribution in [0.15, 0.2) is 0 Å². The summed E-state index contributed by atoms with van der Waals surface area (Å²) in [6.07, 6.45) is 2.56. The molecule has 0 aliphatic carbocycles. The summed E-state index contributed by atoms with van der Waals surface area (Å²) in [7, 11) is 4.25. The zero-order valence-corrected chi connectivity index (χ0v) is 11.4. The predicted molar refractivity (Wildman–Crippen MR) is 68.7 cm³/mol. The Balaban J connectivity index is 2.25. The monoisotopic (exact) mass is 228 g/mol. The summed E-state index contributed by atoms with van der Waals surface area (Å²) in [6.45, 7) is 9.94. The van der Waals surface area contributed by atoms with Gasteiger partial charge in [0.05, 0.1) is 6.61 Å². The largest absolute Gasteiger partial charge is 0.381 e. The Kier molecular flexibility index (Phi) is 5.73. The van der Waals surface area contributed by atoms with Crippen molar-refractivity contribution in [3.8, 4) is 0 Å². The van der Waals surface area contributed by atoms with Crippen molar-refractivity contribution < 1.29 is 4.74 Å². The molecule has 0 aromatic heterocycles. The van der Waals surface area contributed by atoms with Gasteiger partial charge in [0.25, 0.3) is 0 Å². The van der Waals surface area contributed by atoms with E-state index in [-0.39, 0.29) is 0 Å². The van der Waals surface area contributed by atoms with E-state index in [4.69, 9.17) is 4.74 Å². The van der Waals surface area contributed by atoms with Crippen LogP contribution in [0.25, 0.3) is 0 Å². The van der Waals surface area contributed by atoms with Crippen molar-refractivity contribution >= 4 is 0 Å². The quantitative estimate of drug-likeness (QED) is 0.747. The Bertz CT molecular complexity index is 188. The summed E-state index contributed by atoms with van der Waals surface area (Å²) in [5, 5.41) is 3.27. The third-order valence-corrected chi connectivity index (χ3v) is 3.18. The fraction of sp³-hybridized carbons (Fsp3) is 1.00. The number of nitrogens with zero attached hydrogens (tertiary/aromatic N) is 1. The molecule has 1 aliphatic rings. The molecule has 0 amide bonds. The lowest BCUT2D eigenvalue weighted by molar-refractivity contribution is 0.0374. The summed E-state index contributed by atoms with van der Waals surface area (Å²) in [5.41, 5.74) is 0.346. The molecule has 1 rings (SSSR count). The van der Waals surface area contributed by atoms with Gasteiger partial charge in [0.2, 0.25) is 0 Å². The molecule has 0 saturated carbocycles. The lowest BCUT2D eigenvalue weighted by atomic mass is 9.92. The van der Waals surface area contributed by atoms with Crippen LogP contribution in [0.3, 0.4) is 0 Å². The van der Waals surface area contributed by atoms with E-state index in [2.05, 4.69) is 31.1 Å². The van der Waals surface area contributed by atoms with E-state index in [9.17, 15) is 0 Å². The molecular formula is C13H28N2O. The molecule has 1 aliphatic heterocycles. The van der Waals surface area contributed by atoms with Crippen molar-refractivity contribution in [2.24, 2.45) is 11.3 Å². The van der Waals surface area contributed by atoms with Crippen molar-refractivity contribution in [1.82, 2.24) is 10.2 Å². The van der Waals surface area contributed by atoms with Gasteiger partial charge in [-0.05, 0) is 38.3 Å². The first kappa shape index (κ1) is 13.9. The predicted octanol–water partition coefficient (Wildman–Crippen LogP) is 1.59. The van der Waals surface area contributed by atoms with E-state index < -0.39 is 0 Å². The molecule has 96 valence electrons. The second-order valence-corrected chi connectivity index (χ2v) is 5.97. The molecule has 3 nitrogen and oxygen atoms in total. The zero-order valence-electron chi connectivity index (χ0n) is 11.4. The summed E-state index contributed by atoms with van der Waals surface area (Å²) < 4.78 is 5.52. The van der Waals surface area contributed by atoms with Gasteiger partial charge in [-0.15, -0.1) is 0 Å². The average Bonchev–Trinajstić information content (AvgIpc) is 2.17. The molecule has 1 N–H and O–H groups in total. The number of hydrogen-bond acceptors (Lipinski definition) is 3. The first-order valence-electron chi connectivity index (χ1n) is 6.44. The molecule has 0 radical (unpaired) electrons. The van der Waals surface area contributed by atoms with Crippen LogP contribution >= 0.6 is 0 Å². The van der Waals surface area contributed by atoms with Crippen LogP contribution in [0.2, 0.25) is 0 Å². The van der Waals surface area contributed by atoms with Gasteiger partial charge in [-0.2, -0.15) is 0 Å². The molecule has 1 saturated heterocycles. The van der Waals surface area contributed by atoms with Crippen molar-refractivity contribution in [2.45, 2.75) is 26.7 Å². The minimum absolute atomic E-state index is 0.346. The smallest absolute Gasteiger partial charge is 0.0506 e. The Morgan fingerprint density at radius 2 is 2.19 bits per heavy atom. The minimum atomic E-state index is 0.346. The summed E-state index contributed by atoms with van der Waals surface area (Å²) in [6, 6.07) is 0. The second-order valence-electron chi connectivity index (χ2n) is 5.97. The molecule has 0 bridgehead atoms. The molecule has 0 aromatic rings. The maximum absolute atomic E-state index is 5.52.